The number of Topliss-reactive ketones (excluding diaryl/α,β-unsaturated/α-hetero) is 2. The highest BCUT2D eigenvalue weighted by Crippen LogP contribution is 2.30. The van der Waals surface area contributed by atoms with Gasteiger partial charge in [0.2, 0.25) is 11.6 Å². The van der Waals surface area contributed by atoms with Crippen molar-refractivity contribution in [2.24, 2.45) is 10.2 Å². The normalized spacial score (nSPS) is 15.9. The minimum atomic E-state index is -5.07. The van der Waals surface area contributed by atoms with Crippen molar-refractivity contribution in [2.75, 3.05) is 21.5 Å². The van der Waals surface area contributed by atoms with E-state index >= 15 is 0 Å². The van der Waals surface area contributed by atoms with Crippen LogP contribution in [-0.2, 0) is 40.5 Å². The van der Waals surface area contributed by atoms with Crippen LogP contribution in [0.1, 0.15) is 31.8 Å². The predicted octanol–water partition coefficient (Wildman–Crippen LogP) is 3.61. The van der Waals surface area contributed by atoms with Crippen molar-refractivity contribution >= 4 is 104 Å². The molecule has 58 heavy (non-hydrogen) atoms. The molecule has 0 saturated carbocycles. The molecule has 0 aliphatic heterocycles. The molecule has 4 aromatic carbocycles. The highest BCUT2D eigenvalue weighted by atomic mass is 32.2. The van der Waals surface area contributed by atoms with Crippen molar-refractivity contribution in [1.29, 1.82) is 0 Å². The van der Waals surface area contributed by atoms with Crippen LogP contribution in [0.15, 0.2) is 115 Å². The van der Waals surface area contributed by atoms with Crippen molar-refractivity contribution in [3.8, 4) is 0 Å². The van der Waals surface area contributed by atoms with E-state index in [9.17, 15) is 57.2 Å². The zero-order valence-corrected chi connectivity index (χ0v) is 31.8. The number of benzene rings is 4. The molecule has 4 aromatic rings. The fourth-order valence-electron chi connectivity index (χ4n) is 5.37. The summed E-state index contributed by atoms with van der Waals surface area (Å²) in [6, 6.07) is 15.3. The van der Waals surface area contributed by atoms with Gasteiger partial charge in [0.05, 0.1) is 21.2 Å². The number of ketones is 2. The topological polar surface area (TPSA) is 342 Å². The van der Waals surface area contributed by atoms with Gasteiger partial charge in [0, 0.05) is 22.5 Å². The van der Waals surface area contributed by atoms with Crippen molar-refractivity contribution in [3.63, 3.8) is 0 Å². The molecule has 300 valence electrons. The predicted molar refractivity (Wildman–Crippen MR) is 208 cm³/mol. The fourth-order valence-corrected chi connectivity index (χ4v) is 7.65. The Morgan fingerprint density at radius 1 is 0.466 bits per heavy atom. The molecule has 0 heterocycles. The van der Waals surface area contributed by atoms with E-state index in [2.05, 4.69) is 31.7 Å². The summed E-state index contributed by atoms with van der Waals surface area (Å²) in [5, 5.41) is 12.5. The molecular weight excluding hydrogens is 849 g/mol. The van der Waals surface area contributed by atoms with Gasteiger partial charge >= 0.3 is 6.03 Å². The second kappa shape index (κ2) is 15.1. The number of hydrogen-bond acceptors (Lipinski definition) is 15. The quantitative estimate of drug-likeness (QED) is 0.0833. The largest absolute Gasteiger partial charge is 0.323 e. The van der Waals surface area contributed by atoms with Gasteiger partial charge < -0.3 is 10.6 Å². The number of nitrogens with one attached hydrogen (secondary N) is 4. The van der Waals surface area contributed by atoms with Gasteiger partial charge in [-0.3, -0.25) is 38.7 Å². The molecule has 2 aliphatic carbocycles. The molecule has 0 radical (unpaired) electrons. The molecule has 0 spiro atoms. The van der Waals surface area contributed by atoms with Crippen LogP contribution in [-0.4, -0.2) is 80.9 Å². The minimum absolute atomic E-state index is 0.0232. The smallest absolute Gasteiger partial charge is 0.308 e. The number of nitrogens with zero attached hydrogens (tertiary/aromatic N) is 2. The molecule has 0 aromatic heterocycles. The molecule has 0 fully saturated rings. The zero-order chi connectivity index (χ0) is 42.4. The first-order valence-electron chi connectivity index (χ1n) is 15.7. The Hall–Kier alpha value is -6.45. The van der Waals surface area contributed by atoms with Gasteiger partial charge in [-0.05, 0) is 108 Å². The zero-order valence-electron chi connectivity index (χ0n) is 28.5. The molecule has 2 aliphatic rings. The van der Waals surface area contributed by atoms with E-state index in [1.165, 1.54) is 60.7 Å². The van der Waals surface area contributed by atoms with E-state index in [0.717, 1.165) is 36.4 Å². The highest BCUT2D eigenvalue weighted by molar-refractivity contribution is 7.91. The highest BCUT2D eigenvalue weighted by Gasteiger charge is 2.34. The Bertz CT molecular complexity index is 2830. The lowest BCUT2D eigenvalue weighted by Gasteiger charge is -2.18. The lowest BCUT2D eigenvalue weighted by atomic mass is 9.94. The van der Waals surface area contributed by atoms with E-state index in [0.29, 0.717) is 0 Å². The molecule has 8 N–H and O–H groups in total. The first-order chi connectivity index (χ1) is 27.0. The Kier molecular flexibility index (Phi) is 10.8. The first-order valence-corrected chi connectivity index (χ1v) is 21.4. The summed E-state index contributed by atoms with van der Waals surface area (Å²) in [6.45, 7) is 0. The van der Waals surface area contributed by atoms with Gasteiger partial charge in [-0.2, -0.15) is 43.9 Å². The van der Waals surface area contributed by atoms with Gasteiger partial charge in [0.15, 0.2) is 11.4 Å². The molecule has 25 heteroatoms. The maximum Gasteiger partial charge on any atom is 0.323 e. The summed E-state index contributed by atoms with van der Waals surface area (Å²) >= 11 is 0. The summed E-state index contributed by atoms with van der Waals surface area (Å²) in [7, 11) is -19.2. The third-order valence-corrected chi connectivity index (χ3v) is 11.5. The van der Waals surface area contributed by atoms with Crippen LogP contribution >= 0.6 is 0 Å². The van der Waals surface area contributed by atoms with E-state index in [4.69, 9.17) is 9.11 Å². The first kappa shape index (κ1) is 41.2. The van der Waals surface area contributed by atoms with E-state index < -0.39 is 89.1 Å². The van der Waals surface area contributed by atoms with Crippen LogP contribution in [0.2, 0.25) is 0 Å². The summed E-state index contributed by atoms with van der Waals surface area (Å²) in [6.07, 6.45) is 1.84. The van der Waals surface area contributed by atoms with Gasteiger partial charge in [-0.25, -0.2) is 4.79 Å². The number of carbonyl (C=O) groups excluding carboxylic acids is 3. The van der Waals surface area contributed by atoms with Crippen molar-refractivity contribution in [1.82, 2.24) is 0 Å². The van der Waals surface area contributed by atoms with Crippen molar-refractivity contribution in [2.45, 2.75) is 9.79 Å². The second-order valence-corrected chi connectivity index (χ2v) is 17.6. The Labute approximate surface area is 327 Å². The van der Waals surface area contributed by atoms with Gasteiger partial charge in [0.25, 0.3) is 40.5 Å². The summed E-state index contributed by atoms with van der Waals surface area (Å²) < 4.78 is 132. The number of allylic oxidation sites excluding steroid dienone is 2. The van der Waals surface area contributed by atoms with Gasteiger partial charge in [-0.1, -0.05) is 0 Å². The summed E-state index contributed by atoms with van der Waals surface area (Å²) in [4.78, 5) is 36.9. The number of fused-ring (bicyclic) bond motifs is 2. The van der Waals surface area contributed by atoms with Gasteiger partial charge in [0.1, 0.15) is 9.81 Å². The number of anilines is 4. The maximum atomic E-state index is 13.3. The Morgan fingerprint density at radius 3 is 1.10 bits per heavy atom. The van der Waals surface area contributed by atoms with Gasteiger partial charge in [-0.15, -0.1) is 0 Å². The maximum absolute atomic E-state index is 13.3. The number of hydrazone groups is 2. The third kappa shape index (κ3) is 9.06. The lowest BCUT2D eigenvalue weighted by Crippen LogP contribution is -2.27. The van der Waals surface area contributed by atoms with Crippen LogP contribution in [0.3, 0.4) is 0 Å². The SMILES string of the molecule is O=C(Nc1ccc2c(c1)C=C(S(=O)(=O)O)/C(=N/Nc1ccc(S(=O)(=O)O)cc1)C2=O)Nc1ccc2c(c1)C=C(S(=O)(=O)O)/C(=N/Nc1ccc(S(=O)(=O)O)cc1)C2=O. The lowest BCUT2D eigenvalue weighted by molar-refractivity contribution is 0.105. The number of amides is 2. The average Bonchev–Trinajstić information content (AvgIpc) is 3.12. The number of rotatable bonds is 10. The molecule has 6 rings (SSSR count). The molecule has 0 saturated heterocycles. The van der Waals surface area contributed by atoms with E-state index in [-0.39, 0.29) is 45.0 Å². The molecule has 21 nitrogen and oxygen atoms in total. The Morgan fingerprint density at radius 2 is 0.793 bits per heavy atom. The number of carbonyl (C=O) groups is 3. The fraction of sp³-hybridized carbons (Fsp3) is 0. The third-order valence-electron chi connectivity index (χ3n) is 8.03. The molecule has 0 atom stereocenters. The van der Waals surface area contributed by atoms with Crippen LogP contribution < -0.4 is 21.5 Å². The molecule has 0 bridgehead atoms. The van der Waals surface area contributed by atoms with Crippen LogP contribution in [0, 0.1) is 0 Å². The van der Waals surface area contributed by atoms with E-state index in [1.54, 1.807) is 0 Å². The molecular formula is C33H24N6O15S4. The second-order valence-electron chi connectivity index (χ2n) is 12.0. The van der Waals surface area contributed by atoms with Crippen LogP contribution in [0.25, 0.3) is 12.2 Å². The van der Waals surface area contributed by atoms with Crippen molar-refractivity contribution < 1.29 is 66.3 Å². The van der Waals surface area contributed by atoms with Crippen LogP contribution in [0.5, 0.6) is 0 Å². The Balaban J connectivity index is 1.20. The molecule has 2 amide bonds. The monoisotopic (exact) mass is 872 g/mol. The summed E-state index contributed by atoms with van der Waals surface area (Å²) in [5.74, 6) is -1.91. The summed E-state index contributed by atoms with van der Waals surface area (Å²) in [5.41, 5.74) is 3.23. The standard InChI is InChI=1S/C33H24N6O15S4/c40-31-25-11-5-21(13-17(25)15-27(57(49,50)51)29(31)38-36-19-1-7-23(8-2-19)55(43,44)45)34-33(42)35-22-6-12-26-18(14-22)16-28(58(52,53)54)30(32(26)41)39-37-20-3-9-24(10-4-20)56(46,47)48/h1-16,36-37H,(H2,34,35,42)(H,43,44,45)(H,46,47,48)(H,49,50,51)(H,52,53,54)/b38-29-,39-30-. The minimum Gasteiger partial charge on any atom is -0.308 e. The number of hydrogen-bond donors (Lipinski definition) is 8. The van der Waals surface area contributed by atoms with Crippen molar-refractivity contribution in [3.05, 3.63) is 117 Å². The van der Waals surface area contributed by atoms with E-state index in [1.807, 2.05) is 0 Å². The molecule has 0 unspecified atom stereocenters. The van der Waals surface area contributed by atoms with Crippen LogP contribution in [0.4, 0.5) is 27.5 Å². The average molecular weight is 873 g/mol. The number of urea groups is 1.